The lowest BCUT2D eigenvalue weighted by Gasteiger charge is -2.40. The Morgan fingerprint density at radius 3 is 1.91 bits per heavy atom. The van der Waals surface area contributed by atoms with E-state index in [1.54, 1.807) is 24.3 Å². The van der Waals surface area contributed by atoms with E-state index in [-0.39, 0.29) is 23.8 Å². The van der Waals surface area contributed by atoms with Crippen molar-refractivity contribution >= 4 is 0 Å². The number of piperidine rings is 1. The molecule has 5 nitrogen and oxygen atoms in total. The van der Waals surface area contributed by atoms with Crippen LogP contribution >= 0.6 is 0 Å². The Hall–Kier alpha value is -1.90. The van der Waals surface area contributed by atoms with Crippen LogP contribution in [0.15, 0.2) is 48.5 Å². The number of hydrogen-bond donors (Lipinski definition) is 0. The van der Waals surface area contributed by atoms with Gasteiger partial charge in [-0.2, -0.15) is 0 Å². The molecule has 3 heterocycles. The highest BCUT2D eigenvalue weighted by Gasteiger charge is 2.41. The van der Waals surface area contributed by atoms with Crippen molar-refractivity contribution in [2.45, 2.75) is 50.0 Å². The molecule has 2 aromatic carbocycles. The van der Waals surface area contributed by atoms with Crippen molar-refractivity contribution in [3.05, 3.63) is 71.3 Å². The van der Waals surface area contributed by atoms with E-state index >= 15 is 0 Å². The Morgan fingerprint density at radius 2 is 1.34 bits per heavy atom. The van der Waals surface area contributed by atoms with Crippen LogP contribution < -0.4 is 0 Å². The molecule has 3 fully saturated rings. The summed E-state index contributed by atoms with van der Waals surface area (Å²) in [4.78, 5) is 5.01. The Labute approximate surface area is 207 Å². The van der Waals surface area contributed by atoms with Gasteiger partial charge in [0.2, 0.25) is 0 Å². The summed E-state index contributed by atoms with van der Waals surface area (Å²) in [5.74, 6) is -0.546. The van der Waals surface area contributed by atoms with Gasteiger partial charge in [-0.25, -0.2) is 8.78 Å². The Kier molecular flexibility index (Phi) is 8.42. The van der Waals surface area contributed by atoms with Crippen molar-refractivity contribution < 1.29 is 23.0 Å². The summed E-state index contributed by atoms with van der Waals surface area (Å²) in [6, 6.07) is 13.9. The average Bonchev–Trinajstić information content (AvgIpc) is 3.11. The van der Waals surface area contributed by atoms with Gasteiger partial charge in [-0.15, -0.1) is 0 Å². The van der Waals surface area contributed by atoms with Crippen LogP contribution in [0.1, 0.15) is 42.9 Å². The molecule has 3 aliphatic rings. The van der Waals surface area contributed by atoms with Crippen molar-refractivity contribution in [2.24, 2.45) is 0 Å². The normalized spacial score (nSPS) is 25.4. The first-order chi connectivity index (χ1) is 17.2. The third kappa shape index (κ3) is 6.46. The van der Waals surface area contributed by atoms with E-state index in [1.807, 2.05) is 0 Å². The number of fused-ring (bicyclic) bond motifs is 2. The third-order valence-corrected chi connectivity index (χ3v) is 7.66. The first-order valence-corrected chi connectivity index (χ1v) is 13.0. The number of morpholine rings is 1. The first kappa shape index (κ1) is 24.8. The second-order valence-electron chi connectivity index (χ2n) is 9.90. The Morgan fingerprint density at radius 1 is 0.800 bits per heavy atom. The molecule has 0 spiro atoms. The number of nitrogens with zero attached hydrogens (tertiary/aromatic N) is 2. The van der Waals surface area contributed by atoms with Crippen LogP contribution in [0.2, 0.25) is 0 Å². The van der Waals surface area contributed by atoms with E-state index in [4.69, 9.17) is 14.2 Å². The standard InChI is InChI=1S/C28H36F2N2O3/c29-23-5-1-21(2-6-23)28(22-3-7-24(30)8-4-22)35-27-19-25-9-10-26(20-27)32(25)14-18-34-17-13-31-11-15-33-16-12-31/h1-8,25-28H,9-20H2. The van der Waals surface area contributed by atoms with Crippen molar-refractivity contribution in [2.75, 3.05) is 52.6 Å². The molecule has 0 aliphatic carbocycles. The zero-order chi connectivity index (χ0) is 24.0. The molecule has 2 atom stereocenters. The minimum Gasteiger partial charge on any atom is -0.379 e. The van der Waals surface area contributed by atoms with E-state index in [2.05, 4.69) is 9.80 Å². The lowest BCUT2D eigenvalue weighted by molar-refractivity contribution is -0.0536. The summed E-state index contributed by atoms with van der Waals surface area (Å²) in [6.45, 7) is 7.11. The summed E-state index contributed by atoms with van der Waals surface area (Å²) in [7, 11) is 0. The second-order valence-corrected chi connectivity index (χ2v) is 9.90. The van der Waals surface area contributed by atoms with Gasteiger partial charge in [0.25, 0.3) is 0 Å². The zero-order valence-electron chi connectivity index (χ0n) is 20.3. The molecule has 2 bridgehead atoms. The van der Waals surface area contributed by atoms with Gasteiger partial charge in [0.15, 0.2) is 0 Å². The number of halogens is 2. The van der Waals surface area contributed by atoms with E-state index in [9.17, 15) is 8.78 Å². The maximum Gasteiger partial charge on any atom is 0.123 e. The minimum absolute atomic E-state index is 0.117. The number of hydrogen-bond acceptors (Lipinski definition) is 5. The third-order valence-electron chi connectivity index (χ3n) is 7.66. The maximum atomic E-state index is 13.5. The van der Waals surface area contributed by atoms with Gasteiger partial charge >= 0.3 is 0 Å². The molecule has 7 heteroatoms. The quantitative estimate of drug-likeness (QED) is 0.465. The molecule has 3 saturated heterocycles. The lowest BCUT2D eigenvalue weighted by atomic mass is 9.97. The second kappa shape index (κ2) is 11.9. The molecule has 2 aromatic rings. The van der Waals surface area contributed by atoms with Crippen LogP contribution in [0.3, 0.4) is 0 Å². The molecular weight excluding hydrogens is 450 g/mol. The minimum atomic E-state index is -0.337. The lowest BCUT2D eigenvalue weighted by Crippen LogP contribution is -2.47. The van der Waals surface area contributed by atoms with Crippen molar-refractivity contribution in [3.63, 3.8) is 0 Å². The largest absolute Gasteiger partial charge is 0.379 e. The number of rotatable bonds is 10. The van der Waals surface area contributed by atoms with Crippen LogP contribution in [0.4, 0.5) is 8.78 Å². The predicted octanol–water partition coefficient (Wildman–Crippen LogP) is 4.42. The molecule has 3 aliphatic heterocycles. The highest BCUT2D eigenvalue weighted by atomic mass is 19.1. The molecule has 0 aromatic heterocycles. The topological polar surface area (TPSA) is 34.2 Å². The average molecular weight is 487 g/mol. The Balaban J connectivity index is 1.14. The first-order valence-electron chi connectivity index (χ1n) is 13.0. The number of benzene rings is 2. The van der Waals surface area contributed by atoms with Crippen LogP contribution in [-0.2, 0) is 14.2 Å². The van der Waals surface area contributed by atoms with Crippen molar-refractivity contribution in [3.8, 4) is 0 Å². The maximum absolute atomic E-state index is 13.5. The van der Waals surface area contributed by atoms with Crippen molar-refractivity contribution in [1.82, 2.24) is 9.80 Å². The van der Waals surface area contributed by atoms with E-state index in [0.717, 1.165) is 76.6 Å². The highest BCUT2D eigenvalue weighted by Crippen LogP contribution is 2.39. The summed E-state index contributed by atoms with van der Waals surface area (Å²) in [5, 5.41) is 0. The van der Waals surface area contributed by atoms with Crippen LogP contribution in [0.5, 0.6) is 0 Å². The summed E-state index contributed by atoms with van der Waals surface area (Å²) < 4.78 is 45.1. The van der Waals surface area contributed by atoms with Crippen LogP contribution in [-0.4, -0.2) is 80.6 Å². The number of ether oxygens (including phenoxy) is 3. The SMILES string of the molecule is Fc1ccc(C(OC2CC3CCC(C2)N3CCOCCN2CCOCC2)c2ccc(F)cc2)cc1. The molecule has 0 N–H and O–H groups in total. The molecular formula is C28H36F2N2O3. The van der Waals surface area contributed by atoms with E-state index < -0.39 is 0 Å². The summed E-state index contributed by atoms with van der Waals surface area (Å²) in [5.41, 5.74) is 1.78. The fourth-order valence-electron chi connectivity index (χ4n) is 5.81. The smallest absolute Gasteiger partial charge is 0.123 e. The summed E-state index contributed by atoms with van der Waals surface area (Å²) >= 11 is 0. The molecule has 0 amide bonds. The fraction of sp³-hybridized carbons (Fsp3) is 0.571. The molecule has 0 saturated carbocycles. The molecule has 0 radical (unpaired) electrons. The highest BCUT2D eigenvalue weighted by molar-refractivity contribution is 5.30. The monoisotopic (exact) mass is 486 g/mol. The van der Waals surface area contributed by atoms with E-state index in [1.165, 1.54) is 37.1 Å². The molecule has 35 heavy (non-hydrogen) atoms. The Bertz CT molecular complexity index is 861. The van der Waals surface area contributed by atoms with Gasteiger partial charge in [0.1, 0.15) is 17.7 Å². The van der Waals surface area contributed by atoms with Gasteiger partial charge in [-0.05, 0) is 61.1 Å². The molecule has 190 valence electrons. The van der Waals surface area contributed by atoms with E-state index in [0.29, 0.717) is 12.1 Å². The van der Waals surface area contributed by atoms with Crippen LogP contribution in [0, 0.1) is 11.6 Å². The van der Waals surface area contributed by atoms with Gasteiger partial charge in [0.05, 0.1) is 32.5 Å². The zero-order valence-corrected chi connectivity index (χ0v) is 20.3. The van der Waals surface area contributed by atoms with Gasteiger partial charge < -0.3 is 14.2 Å². The van der Waals surface area contributed by atoms with Gasteiger partial charge in [0, 0.05) is 38.3 Å². The predicted molar refractivity (Wildman–Crippen MR) is 130 cm³/mol. The fourth-order valence-corrected chi connectivity index (χ4v) is 5.81. The van der Waals surface area contributed by atoms with Gasteiger partial charge in [-0.3, -0.25) is 9.80 Å². The molecule has 2 unspecified atom stereocenters. The van der Waals surface area contributed by atoms with Crippen molar-refractivity contribution in [1.29, 1.82) is 0 Å². The molecule has 5 rings (SSSR count). The summed E-state index contributed by atoms with van der Waals surface area (Å²) in [6.07, 6.45) is 4.11. The van der Waals surface area contributed by atoms with Crippen LogP contribution in [0.25, 0.3) is 0 Å². The van der Waals surface area contributed by atoms with Gasteiger partial charge in [-0.1, -0.05) is 24.3 Å².